The van der Waals surface area contributed by atoms with Crippen molar-refractivity contribution in [2.45, 2.75) is 26.3 Å². The van der Waals surface area contributed by atoms with E-state index in [2.05, 4.69) is 5.32 Å². The summed E-state index contributed by atoms with van der Waals surface area (Å²) in [7, 11) is 0. The number of hydrogen-bond donors (Lipinski definition) is 1. The molecule has 33 heavy (non-hydrogen) atoms. The van der Waals surface area contributed by atoms with Crippen LogP contribution in [0, 0.1) is 16.0 Å². The van der Waals surface area contributed by atoms with Crippen LogP contribution in [0.25, 0.3) is 0 Å². The number of carbonyl (C=O) groups is 1. The van der Waals surface area contributed by atoms with Gasteiger partial charge in [-0.3, -0.25) is 14.9 Å². The average Bonchev–Trinajstić information content (AvgIpc) is 3.07. The number of non-ortho nitro benzene ring substituents is 1. The first-order valence-corrected chi connectivity index (χ1v) is 11.3. The smallest absolute Gasteiger partial charge is 0.270 e. The highest BCUT2D eigenvalue weighted by Gasteiger charge is 2.26. The Balaban J connectivity index is 1.64. The standard InChI is InChI=1S/C24H29N3O6/c1-16(2)23(17-4-7-21-22(14-17)33-11-3-10-32-21)25-24(28)19-15-18(27(29)30)5-6-20(19)26-8-12-31-13-9-26/h4-7,14-16,23H,3,8-13H2,1-2H3,(H,25,28)/t23-/m1/s1. The second-order valence-electron chi connectivity index (χ2n) is 8.51. The van der Waals surface area contributed by atoms with E-state index in [1.54, 1.807) is 6.07 Å². The number of ether oxygens (including phenoxy) is 3. The molecule has 1 atom stereocenters. The lowest BCUT2D eigenvalue weighted by molar-refractivity contribution is -0.384. The molecule has 176 valence electrons. The molecule has 9 nitrogen and oxygen atoms in total. The summed E-state index contributed by atoms with van der Waals surface area (Å²) in [5.41, 5.74) is 1.73. The van der Waals surface area contributed by atoms with Crippen LogP contribution in [-0.4, -0.2) is 50.3 Å². The molecule has 0 bridgehead atoms. The van der Waals surface area contributed by atoms with Crippen LogP contribution in [0.1, 0.15) is 42.2 Å². The second kappa shape index (κ2) is 10.1. The second-order valence-corrected chi connectivity index (χ2v) is 8.51. The minimum Gasteiger partial charge on any atom is -0.490 e. The summed E-state index contributed by atoms with van der Waals surface area (Å²) in [6.45, 7) is 7.55. The molecule has 2 aliphatic heterocycles. The Kier molecular flexibility index (Phi) is 6.98. The van der Waals surface area contributed by atoms with Crippen molar-refractivity contribution in [3.63, 3.8) is 0 Å². The van der Waals surface area contributed by atoms with Crippen molar-refractivity contribution >= 4 is 17.3 Å². The number of amides is 1. The van der Waals surface area contributed by atoms with Gasteiger partial charge in [0.2, 0.25) is 0 Å². The summed E-state index contributed by atoms with van der Waals surface area (Å²) in [5.74, 6) is 1.07. The highest BCUT2D eigenvalue weighted by atomic mass is 16.6. The van der Waals surface area contributed by atoms with E-state index in [0.29, 0.717) is 56.7 Å². The molecule has 2 aromatic rings. The molecule has 9 heteroatoms. The molecule has 1 N–H and O–H groups in total. The number of carbonyl (C=O) groups excluding carboxylic acids is 1. The summed E-state index contributed by atoms with van der Waals surface area (Å²) in [6, 6.07) is 9.82. The fourth-order valence-corrected chi connectivity index (χ4v) is 4.13. The molecule has 0 spiro atoms. The number of anilines is 1. The van der Waals surface area contributed by atoms with E-state index in [-0.39, 0.29) is 29.1 Å². The number of fused-ring (bicyclic) bond motifs is 1. The van der Waals surface area contributed by atoms with Gasteiger partial charge in [-0.2, -0.15) is 0 Å². The molecule has 4 rings (SSSR count). The lowest BCUT2D eigenvalue weighted by Gasteiger charge is -2.31. The van der Waals surface area contributed by atoms with Gasteiger partial charge in [-0.1, -0.05) is 19.9 Å². The Morgan fingerprint density at radius 2 is 1.76 bits per heavy atom. The maximum atomic E-state index is 13.5. The van der Waals surface area contributed by atoms with Crippen LogP contribution in [0.15, 0.2) is 36.4 Å². The largest absolute Gasteiger partial charge is 0.490 e. The molecule has 0 unspecified atom stereocenters. The molecule has 1 amide bonds. The summed E-state index contributed by atoms with van der Waals surface area (Å²) in [6.07, 6.45) is 0.811. The lowest BCUT2D eigenvalue weighted by atomic mass is 9.95. The van der Waals surface area contributed by atoms with Crippen LogP contribution in [0.3, 0.4) is 0 Å². The summed E-state index contributed by atoms with van der Waals surface area (Å²) in [5, 5.41) is 14.5. The van der Waals surface area contributed by atoms with Crippen LogP contribution in [-0.2, 0) is 4.74 Å². The van der Waals surface area contributed by atoms with E-state index in [1.165, 1.54) is 12.1 Å². The minimum atomic E-state index is -0.483. The minimum absolute atomic E-state index is 0.0734. The van der Waals surface area contributed by atoms with E-state index in [1.807, 2.05) is 36.9 Å². The predicted molar refractivity (Wildman–Crippen MR) is 123 cm³/mol. The van der Waals surface area contributed by atoms with Crippen molar-refractivity contribution < 1.29 is 23.9 Å². The monoisotopic (exact) mass is 455 g/mol. The Morgan fingerprint density at radius 3 is 2.45 bits per heavy atom. The summed E-state index contributed by atoms with van der Waals surface area (Å²) >= 11 is 0. The van der Waals surface area contributed by atoms with Gasteiger partial charge in [-0.05, 0) is 29.7 Å². The molecule has 2 aliphatic rings. The topological polar surface area (TPSA) is 103 Å². The van der Waals surface area contributed by atoms with Gasteiger partial charge in [0.1, 0.15) is 0 Å². The molecule has 1 fully saturated rings. The number of nitro groups is 1. The summed E-state index contributed by atoms with van der Waals surface area (Å²) < 4.78 is 17.0. The zero-order valence-corrected chi connectivity index (χ0v) is 18.9. The third-order valence-electron chi connectivity index (χ3n) is 5.87. The third kappa shape index (κ3) is 5.19. The van der Waals surface area contributed by atoms with Gasteiger partial charge in [-0.25, -0.2) is 0 Å². The Bertz CT molecular complexity index is 1020. The number of hydrogen-bond acceptors (Lipinski definition) is 7. The van der Waals surface area contributed by atoms with E-state index in [9.17, 15) is 14.9 Å². The van der Waals surface area contributed by atoms with Gasteiger partial charge in [-0.15, -0.1) is 0 Å². The average molecular weight is 456 g/mol. The highest BCUT2D eigenvalue weighted by Crippen LogP contribution is 2.35. The SMILES string of the molecule is CC(C)[C@@H](NC(=O)c1cc([N+](=O)[O-])ccc1N1CCOCC1)c1ccc2c(c1)OCCCO2. The first-order chi connectivity index (χ1) is 15.9. The van der Waals surface area contributed by atoms with Crippen LogP contribution in [0.4, 0.5) is 11.4 Å². The van der Waals surface area contributed by atoms with Crippen LogP contribution >= 0.6 is 0 Å². The van der Waals surface area contributed by atoms with E-state index in [0.717, 1.165) is 12.0 Å². The molecule has 0 aromatic heterocycles. The van der Waals surface area contributed by atoms with Crippen LogP contribution < -0.4 is 19.7 Å². The van der Waals surface area contributed by atoms with Gasteiger partial charge < -0.3 is 24.4 Å². The molecular weight excluding hydrogens is 426 g/mol. The van der Waals surface area contributed by atoms with Crippen molar-refractivity contribution in [3.8, 4) is 11.5 Å². The van der Waals surface area contributed by atoms with E-state index in [4.69, 9.17) is 14.2 Å². The Labute approximate surface area is 192 Å². The number of nitro benzene ring substituents is 1. The molecule has 0 aliphatic carbocycles. The predicted octanol–water partition coefficient (Wildman–Crippen LogP) is 3.72. The van der Waals surface area contributed by atoms with Gasteiger partial charge in [0.25, 0.3) is 11.6 Å². The number of morpholine rings is 1. The normalized spacial score (nSPS) is 16.8. The number of benzene rings is 2. The number of nitrogens with one attached hydrogen (secondary N) is 1. The quantitative estimate of drug-likeness (QED) is 0.523. The Morgan fingerprint density at radius 1 is 1.03 bits per heavy atom. The molecular formula is C24H29N3O6. The van der Waals surface area contributed by atoms with Gasteiger partial charge in [0, 0.05) is 31.6 Å². The maximum Gasteiger partial charge on any atom is 0.270 e. The van der Waals surface area contributed by atoms with Crippen molar-refractivity contribution in [2.75, 3.05) is 44.4 Å². The van der Waals surface area contributed by atoms with Crippen molar-refractivity contribution in [1.82, 2.24) is 5.32 Å². The van der Waals surface area contributed by atoms with Gasteiger partial charge in [0.05, 0.1) is 48.6 Å². The molecule has 2 aromatic carbocycles. The lowest BCUT2D eigenvalue weighted by Crippen LogP contribution is -2.38. The first kappa shape index (κ1) is 22.8. The number of nitrogens with zero attached hydrogens (tertiary/aromatic N) is 2. The highest BCUT2D eigenvalue weighted by molar-refractivity contribution is 6.00. The molecule has 1 saturated heterocycles. The third-order valence-corrected chi connectivity index (χ3v) is 5.87. The van der Waals surface area contributed by atoms with Crippen molar-refractivity contribution in [3.05, 3.63) is 57.6 Å². The zero-order chi connectivity index (χ0) is 23.4. The van der Waals surface area contributed by atoms with E-state index >= 15 is 0 Å². The molecule has 2 heterocycles. The fourth-order valence-electron chi connectivity index (χ4n) is 4.13. The van der Waals surface area contributed by atoms with E-state index < -0.39 is 4.92 Å². The van der Waals surface area contributed by atoms with Crippen molar-refractivity contribution in [2.24, 2.45) is 5.92 Å². The fraction of sp³-hybridized carbons (Fsp3) is 0.458. The van der Waals surface area contributed by atoms with Gasteiger partial charge in [0.15, 0.2) is 11.5 Å². The van der Waals surface area contributed by atoms with Gasteiger partial charge >= 0.3 is 0 Å². The van der Waals surface area contributed by atoms with Crippen molar-refractivity contribution in [1.29, 1.82) is 0 Å². The van der Waals surface area contributed by atoms with Crippen LogP contribution in [0.5, 0.6) is 11.5 Å². The number of rotatable bonds is 6. The first-order valence-electron chi connectivity index (χ1n) is 11.3. The Hall–Kier alpha value is -3.33. The zero-order valence-electron chi connectivity index (χ0n) is 18.9. The molecule has 0 radical (unpaired) electrons. The maximum absolute atomic E-state index is 13.5. The molecule has 0 saturated carbocycles. The summed E-state index contributed by atoms with van der Waals surface area (Å²) in [4.78, 5) is 26.4. The van der Waals surface area contributed by atoms with Crippen LogP contribution in [0.2, 0.25) is 0 Å².